The van der Waals surface area contributed by atoms with Crippen LogP contribution in [0.25, 0.3) is 0 Å². The Balaban J connectivity index is 1.85. The normalized spacial score (nSPS) is 10.5. The van der Waals surface area contributed by atoms with Gasteiger partial charge in [-0.15, -0.1) is 0 Å². The van der Waals surface area contributed by atoms with Crippen LogP contribution < -0.4 is 16.8 Å². The molecule has 0 spiro atoms. The highest BCUT2D eigenvalue weighted by atomic mass is 35.5. The van der Waals surface area contributed by atoms with Crippen molar-refractivity contribution in [1.29, 1.82) is 0 Å². The van der Waals surface area contributed by atoms with Gasteiger partial charge in [-0.2, -0.15) is 0 Å². The Hall–Kier alpha value is -1.70. The second-order valence-corrected chi connectivity index (χ2v) is 6.24. The van der Waals surface area contributed by atoms with Gasteiger partial charge < -0.3 is 16.8 Å². The van der Waals surface area contributed by atoms with Crippen LogP contribution >= 0.6 is 35.0 Å². The van der Waals surface area contributed by atoms with Gasteiger partial charge >= 0.3 is 0 Å². The lowest BCUT2D eigenvalue weighted by Crippen LogP contribution is -2.12. The number of thioether (sulfide) groups is 1. The number of benzene rings is 1. The minimum Gasteiger partial charge on any atom is -0.383 e. The number of amides is 1. The summed E-state index contributed by atoms with van der Waals surface area (Å²) in [5.74, 6) is 0.923. The standard InChI is InChI=1S/C13H13Cl2N5OS/c14-7-3-8(15)5-9(4-7)18-12(21)1-2-22-13-19-10(16)6-11(17)20-13/h3-6H,1-2H2,(H,18,21)(H4,16,17,19,20). The van der Waals surface area contributed by atoms with Crippen LogP contribution in [-0.4, -0.2) is 21.6 Å². The van der Waals surface area contributed by atoms with Gasteiger partial charge in [-0.25, -0.2) is 9.97 Å². The molecule has 0 saturated heterocycles. The molecule has 5 N–H and O–H groups in total. The highest BCUT2D eigenvalue weighted by molar-refractivity contribution is 7.99. The zero-order valence-corrected chi connectivity index (χ0v) is 13.7. The van der Waals surface area contributed by atoms with E-state index in [9.17, 15) is 4.79 Å². The number of nitrogens with one attached hydrogen (secondary N) is 1. The number of anilines is 3. The van der Waals surface area contributed by atoms with E-state index in [1.54, 1.807) is 18.2 Å². The minimum atomic E-state index is -0.164. The van der Waals surface area contributed by atoms with Crippen molar-refractivity contribution in [2.45, 2.75) is 11.6 Å². The van der Waals surface area contributed by atoms with Gasteiger partial charge in [0.25, 0.3) is 0 Å². The average molecular weight is 358 g/mol. The number of hydrogen-bond acceptors (Lipinski definition) is 6. The third kappa shape index (κ3) is 5.25. The molecule has 22 heavy (non-hydrogen) atoms. The predicted octanol–water partition coefficient (Wildman–Crippen LogP) is 3.07. The Kier molecular flexibility index (Phi) is 5.70. The molecule has 0 aliphatic carbocycles. The molecule has 0 aliphatic heterocycles. The largest absolute Gasteiger partial charge is 0.383 e. The van der Waals surface area contributed by atoms with Crippen molar-refractivity contribution in [2.24, 2.45) is 0 Å². The molecular formula is C13H13Cl2N5OS. The number of nitrogens with zero attached hydrogens (tertiary/aromatic N) is 2. The van der Waals surface area contributed by atoms with Crippen LogP contribution in [0.3, 0.4) is 0 Å². The summed E-state index contributed by atoms with van der Waals surface area (Å²) in [6.07, 6.45) is 0.271. The third-order valence-electron chi connectivity index (χ3n) is 2.45. The maximum absolute atomic E-state index is 11.9. The van der Waals surface area contributed by atoms with E-state index >= 15 is 0 Å². The van der Waals surface area contributed by atoms with Crippen LogP contribution in [-0.2, 0) is 4.79 Å². The van der Waals surface area contributed by atoms with Gasteiger partial charge in [0.05, 0.1) is 0 Å². The number of hydrogen-bond donors (Lipinski definition) is 3. The van der Waals surface area contributed by atoms with Crippen molar-refractivity contribution >= 4 is 58.2 Å². The molecule has 0 bridgehead atoms. The van der Waals surface area contributed by atoms with Gasteiger partial charge in [-0.05, 0) is 18.2 Å². The van der Waals surface area contributed by atoms with Crippen LogP contribution in [0.2, 0.25) is 10.0 Å². The van der Waals surface area contributed by atoms with E-state index in [0.29, 0.717) is 38.3 Å². The van der Waals surface area contributed by atoms with E-state index in [2.05, 4.69) is 15.3 Å². The molecule has 0 unspecified atom stereocenters. The van der Waals surface area contributed by atoms with E-state index in [0.717, 1.165) is 0 Å². The van der Waals surface area contributed by atoms with E-state index in [-0.39, 0.29) is 12.3 Å². The number of nitrogen functional groups attached to an aromatic ring is 2. The Morgan fingerprint density at radius 1 is 1.09 bits per heavy atom. The second kappa shape index (κ2) is 7.53. The van der Waals surface area contributed by atoms with Crippen molar-refractivity contribution in [2.75, 3.05) is 22.5 Å². The molecule has 9 heteroatoms. The summed E-state index contributed by atoms with van der Waals surface area (Å²) < 4.78 is 0. The smallest absolute Gasteiger partial charge is 0.225 e. The monoisotopic (exact) mass is 357 g/mol. The highest BCUT2D eigenvalue weighted by Crippen LogP contribution is 2.23. The summed E-state index contributed by atoms with van der Waals surface area (Å²) in [5.41, 5.74) is 11.7. The number of halogens is 2. The van der Waals surface area contributed by atoms with Crippen molar-refractivity contribution in [3.8, 4) is 0 Å². The molecule has 6 nitrogen and oxygen atoms in total. The van der Waals surface area contributed by atoms with Crippen molar-refractivity contribution < 1.29 is 4.79 Å². The van der Waals surface area contributed by atoms with Crippen LogP contribution in [0.15, 0.2) is 29.4 Å². The lowest BCUT2D eigenvalue weighted by molar-refractivity contribution is -0.115. The summed E-state index contributed by atoms with van der Waals surface area (Å²) in [6.45, 7) is 0. The molecular weight excluding hydrogens is 345 g/mol. The first-order valence-corrected chi connectivity index (χ1v) is 7.95. The van der Waals surface area contributed by atoms with Crippen LogP contribution in [0, 0.1) is 0 Å². The topological polar surface area (TPSA) is 107 Å². The maximum atomic E-state index is 11.9. The zero-order chi connectivity index (χ0) is 16.1. The number of nitrogens with two attached hydrogens (primary N) is 2. The quantitative estimate of drug-likeness (QED) is 0.560. The lowest BCUT2D eigenvalue weighted by Gasteiger charge is -2.06. The van der Waals surface area contributed by atoms with Gasteiger partial charge in [0.15, 0.2) is 5.16 Å². The molecule has 1 heterocycles. The number of carbonyl (C=O) groups excluding carboxylic acids is 1. The van der Waals surface area contributed by atoms with E-state index in [1.807, 2.05) is 0 Å². The fourth-order valence-corrected chi connectivity index (χ4v) is 2.95. The summed E-state index contributed by atoms with van der Waals surface area (Å²) in [6, 6.07) is 6.32. The summed E-state index contributed by atoms with van der Waals surface area (Å²) >= 11 is 13.0. The first-order chi connectivity index (χ1) is 10.4. The molecule has 0 atom stereocenters. The van der Waals surface area contributed by atoms with Crippen molar-refractivity contribution in [1.82, 2.24) is 9.97 Å². The van der Waals surface area contributed by atoms with Gasteiger partial charge in [0.2, 0.25) is 5.91 Å². The highest BCUT2D eigenvalue weighted by Gasteiger charge is 2.07. The molecule has 116 valence electrons. The third-order valence-corrected chi connectivity index (χ3v) is 3.74. The molecule has 2 aromatic rings. The number of aromatic nitrogens is 2. The molecule has 0 fully saturated rings. The molecule has 1 aromatic carbocycles. The van der Waals surface area contributed by atoms with Gasteiger partial charge in [0, 0.05) is 34.0 Å². The maximum Gasteiger partial charge on any atom is 0.225 e. The summed E-state index contributed by atoms with van der Waals surface area (Å²) in [4.78, 5) is 19.9. The lowest BCUT2D eigenvalue weighted by atomic mass is 10.3. The Morgan fingerprint density at radius 2 is 1.68 bits per heavy atom. The number of rotatable bonds is 5. The van der Waals surface area contributed by atoms with Crippen molar-refractivity contribution in [3.63, 3.8) is 0 Å². The van der Waals surface area contributed by atoms with Crippen LogP contribution in [0.1, 0.15) is 6.42 Å². The van der Waals surface area contributed by atoms with Gasteiger partial charge in [-0.3, -0.25) is 4.79 Å². The molecule has 1 aromatic heterocycles. The number of carbonyl (C=O) groups is 1. The fourth-order valence-electron chi connectivity index (χ4n) is 1.61. The first kappa shape index (κ1) is 16.7. The second-order valence-electron chi connectivity index (χ2n) is 4.31. The van der Waals surface area contributed by atoms with Crippen LogP contribution in [0.5, 0.6) is 0 Å². The molecule has 0 saturated carbocycles. The van der Waals surface area contributed by atoms with Gasteiger partial charge in [-0.1, -0.05) is 35.0 Å². The molecule has 1 amide bonds. The minimum absolute atomic E-state index is 0.164. The molecule has 0 radical (unpaired) electrons. The first-order valence-electron chi connectivity index (χ1n) is 6.21. The fraction of sp³-hybridized carbons (Fsp3) is 0.154. The van der Waals surface area contributed by atoms with Crippen LogP contribution in [0.4, 0.5) is 17.3 Å². The zero-order valence-electron chi connectivity index (χ0n) is 11.3. The summed E-state index contributed by atoms with van der Waals surface area (Å²) in [7, 11) is 0. The molecule has 2 rings (SSSR count). The SMILES string of the molecule is Nc1cc(N)nc(SCCC(=O)Nc2cc(Cl)cc(Cl)c2)n1. The average Bonchev–Trinajstić information content (AvgIpc) is 2.35. The summed E-state index contributed by atoms with van der Waals surface area (Å²) in [5, 5.41) is 4.08. The Labute approximate surface area is 141 Å². The Morgan fingerprint density at radius 3 is 2.27 bits per heavy atom. The van der Waals surface area contributed by atoms with Gasteiger partial charge in [0.1, 0.15) is 11.6 Å². The predicted molar refractivity (Wildman–Crippen MR) is 91.3 cm³/mol. The van der Waals surface area contributed by atoms with E-state index < -0.39 is 0 Å². The van der Waals surface area contributed by atoms with E-state index in [1.165, 1.54) is 17.8 Å². The molecule has 0 aliphatic rings. The van der Waals surface area contributed by atoms with Crippen molar-refractivity contribution in [3.05, 3.63) is 34.3 Å². The van der Waals surface area contributed by atoms with E-state index in [4.69, 9.17) is 34.7 Å². The Bertz CT molecular complexity index is 658.